The molecule has 1 heterocycles. The molecule has 0 saturated heterocycles. The van der Waals surface area contributed by atoms with Crippen molar-refractivity contribution >= 4 is 40.9 Å². The van der Waals surface area contributed by atoms with Gasteiger partial charge in [0.25, 0.3) is 5.91 Å². The molecule has 0 bridgehead atoms. The molecule has 9 nitrogen and oxygen atoms in total. The third-order valence-electron chi connectivity index (χ3n) is 6.59. The van der Waals surface area contributed by atoms with Gasteiger partial charge < -0.3 is 20.3 Å². The van der Waals surface area contributed by atoms with Gasteiger partial charge in [-0.1, -0.05) is 46.6 Å². The Morgan fingerprint density at radius 1 is 0.909 bits per heavy atom. The number of benzene rings is 3. The maximum Gasteiger partial charge on any atom is 0.338 e. The van der Waals surface area contributed by atoms with Crippen molar-refractivity contribution in [3.63, 3.8) is 0 Å². The predicted octanol–water partition coefficient (Wildman–Crippen LogP) is 5.76. The molecule has 1 unspecified atom stereocenters. The number of unbranched alkanes of at least 4 members (excludes halogenated alkanes) is 1. The molecule has 0 aliphatic rings. The van der Waals surface area contributed by atoms with Gasteiger partial charge in [-0.15, -0.1) is 0 Å². The lowest BCUT2D eigenvalue weighted by Gasteiger charge is -2.16. The molecule has 0 saturated carbocycles. The Morgan fingerprint density at radius 3 is 2.34 bits per heavy atom. The van der Waals surface area contributed by atoms with Gasteiger partial charge in [0, 0.05) is 12.0 Å². The second kappa shape index (κ2) is 15.5. The molecule has 13 heteroatoms. The van der Waals surface area contributed by atoms with Crippen molar-refractivity contribution in [2.24, 2.45) is 5.73 Å². The lowest BCUT2D eigenvalue weighted by molar-refractivity contribution is 0.0509. The number of hydrogen-bond donors (Lipinski definition) is 2. The number of amides is 1. The minimum atomic E-state index is -1.18. The Labute approximate surface area is 261 Å². The molecule has 1 aromatic heterocycles. The van der Waals surface area contributed by atoms with Crippen molar-refractivity contribution in [2.75, 3.05) is 13.2 Å². The lowest BCUT2D eigenvalue weighted by atomic mass is 10.0. The fourth-order valence-corrected chi connectivity index (χ4v) is 4.52. The third-order valence-corrected chi connectivity index (χ3v) is 7.33. The van der Waals surface area contributed by atoms with Crippen LogP contribution in [0.25, 0.3) is 0 Å². The molecule has 230 valence electrons. The van der Waals surface area contributed by atoms with Crippen molar-refractivity contribution < 1.29 is 32.4 Å². The van der Waals surface area contributed by atoms with Crippen LogP contribution < -0.4 is 11.1 Å². The van der Waals surface area contributed by atoms with Crippen LogP contribution in [0, 0.1) is 11.6 Å². The average Bonchev–Trinajstić information content (AvgIpc) is 3.48. The first kappa shape index (κ1) is 32.7. The standard InChI is InChI=1S/C31H28Cl2F2N4O5/c32-22-10-6-19(15-23(22)33)12-14-43-31(42)20-7-4-18(5-8-20)16-27-38-29(39-44-27)28(40)26(3-1-2-13-36)37-30(41)21-9-11-24(34)25(35)17-21/h4-11,15,17,26H,1-3,12-14,16,36H2,(H,37,41). The number of carbonyl (C=O) groups excluding carboxylic acids is 3. The summed E-state index contributed by atoms with van der Waals surface area (Å²) in [5.41, 5.74) is 7.37. The maximum absolute atomic E-state index is 13.6. The molecule has 0 aliphatic carbocycles. The van der Waals surface area contributed by atoms with Gasteiger partial charge in [-0.05, 0) is 79.4 Å². The van der Waals surface area contributed by atoms with E-state index in [1.54, 1.807) is 36.4 Å². The predicted molar refractivity (Wildman–Crippen MR) is 159 cm³/mol. The van der Waals surface area contributed by atoms with Crippen LogP contribution in [0.3, 0.4) is 0 Å². The Bertz CT molecular complexity index is 1630. The minimum absolute atomic E-state index is 0.137. The van der Waals surface area contributed by atoms with Crippen molar-refractivity contribution in [3.05, 3.63) is 116 Å². The van der Waals surface area contributed by atoms with E-state index in [2.05, 4.69) is 15.5 Å². The lowest BCUT2D eigenvalue weighted by Crippen LogP contribution is -2.41. The molecular formula is C31H28Cl2F2N4O5. The number of nitrogens with two attached hydrogens (primary N) is 1. The highest BCUT2D eigenvalue weighted by Crippen LogP contribution is 2.23. The van der Waals surface area contributed by atoms with Gasteiger partial charge >= 0.3 is 5.97 Å². The van der Waals surface area contributed by atoms with E-state index in [4.69, 9.17) is 38.2 Å². The number of nitrogens with one attached hydrogen (secondary N) is 1. The summed E-state index contributed by atoms with van der Waals surface area (Å²) >= 11 is 11.9. The highest BCUT2D eigenvalue weighted by atomic mass is 35.5. The summed E-state index contributed by atoms with van der Waals surface area (Å²) in [7, 11) is 0. The molecule has 4 aromatic rings. The molecule has 0 aliphatic heterocycles. The van der Waals surface area contributed by atoms with Crippen LogP contribution >= 0.6 is 23.2 Å². The largest absolute Gasteiger partial charge is 0.462 e. The highest BCUT2D eigenvalue weighted by Gasteiger charge is 2.27. The monoisotopic (exact) mass is 644 g/mol. The molecule has 44 heavy (non-hydrogen) atoms. The Morgan fingerprint density at radius 2 is 1.64 bits per heavy atom. The summed E-state index contributed by atoms with van der Waals surface area (Å²) in [5.74, 6) is -4.24. The van der Waals surface area contributed by atoms with E-state index >= 15 is 0 Å². The first-order valence-corrected chi connectivity index (χ1v) is 14.4. The van der Waals surface area contributed by atoms with Crippen molar-refractivity contribution in [2.45, 2.75) is 38.1 Å². The van der Waals surface area contributed by atoms with Crippen LogP contribution in [-0.2, 0) is 17.6 Å². The fourth-order valence-electron chi connectivity index (χ4n) is 4.20. The molecule has 0 spiro atoms. The zero-order valence-corrected chi connectivity index (χ0v) is 24.8. The summed E-state index contributed by atoms with van der Waals surface area (Å²) in [4.78, 5) is 42.5. The number of Topliss-reactive ketones (excluding diaryl/α,β-unsaturated/α-hetero) is 1. The molecule has 0 fully saturated rings. The van der Waals surface area contributed by atoms with Crippen LogP contribution in [-0.4, -0.2) is 47.0 Å². The summed E-state index contributed by atoms with van der Waals surface area (Å²) in [6.07, 6.45) is 1.98. The van der Waals surface area contributed by atoms with E-state index in [0.717, 1.165) is 29.3 Å². The fraction of sp³-hybridized carbons (Fsp3) is 0.258. The summed E-state index contributed by atoms with van der Waals surface area (Å²) in [6.45, 7) is 0.547. The quantitative estimate of drug-likeness (QED) is 0.100. The van der Waals surface area contributed by atoms with Gasteiger partial charge in [0.1, 0.15) is 0 Å². The number of ketones is 1. The average molecular weight is 645 g/mol. The molecule has 1 atom stereocenters. The van der Waals surface area contributed by atoms with Gasteiger partial charge in [0.05, 0.1) is 34.7 Å². The van der Waals surface area contributed by atoms with Gasteiger partial charge in [-0.2, -0.15) is 4.98 Å². The first-order chi connectivity index (χ1) is 21.1. The minimum Gasteiger partial charge on any atom is -0.462 e. The zero-order chi connectivity index (χ0) is 31.6. The first-order valence-electron chi connectivity index (χ1n) is 13.7. The van der Waals surface area contributed by atoms with Gasteiger partial charge in [0.15, 0.2) is 11.6 Å². The summed E-state index contributed by atoms with van der Waals surface area (Å²) in [5, 5.41) is 7.19. The van der Waals surface area contributed by atoms with Crippen molar-refractivity contribution in [1.82, 2.24) is 15.5 Å². The Balaban J connectivity index is 1.34. The number of carbonyl (C=O) groups is 3. The number of halogens is 4. The molecule has 1 amide bonds. The Hall–Kier alpha value is -4.19. The van der Waals surface area contributed by atoms with E-state index in [0.29, 0.717) is 41.4 Å². The normalized spacial score (nSPS) is 11.7. The number of nitrogens with zero attached hydrogens (tertiary/aromatic N) is 2. The topological polar surface area (TPSA) is 137 Å². The van der Waals surface area contributed by atoms with E-state index in [-0.39, 0.29) is 36.7 Å². The Kier molecular flexibility index (Phi) is 11.5. The molecule has 0 radical (unpaired) electrons. The molecule has 4 rings (SSSR count). The second-order valence-electron chi connectivity index (χ2n) is 9.82. The maximum atomic E-state index is 13.6. The van der Waals surface area contributed by atoms with Crippen LogP contribution in [0.2, 0.25) is 10.0 Å². The number of aromatic nitrogens is 2. The SMILES string of the molecule is NCCCCC(NC(=O)c1ccc(F)c(F)c1)C(=O)c1noc(Cc2ccc(C(=O)OCCc3ccc(Cl)c(Cl)c3)cc2)n1. The van der Waals surface area contributed by atoms with Crippen molar-refractivity contribution in [3.8, 4) is 0 Å². The third kappa shape index (κ3) is 8.91. The zero-order valence-electron chi connectivity index (χ0n) is 23.3. The van der Waals surface area contributed by atoms with E-state index in [9.17, 15) is 23.2 Å². The van der Waals surface area contributed by atoms with Crippen molar-refractivity contribution in [1.29, 1.82) is 0 Å². The van der Waals surface area contributed by atoms with E-state index in [1.807, 2.05) is 6.07 Å². The van der Waals surface area contributed by atoms with Gasteiger partial charge in [-0.25, -0.2) is 13.6 Å². The smallest absolute Gasteiger partial charge is 0.338 e. The van der Waals surface area contributed by atoms with Crippen LogP contribution in [0.1, 0.15) is 67.6 Å². The highest BCUT2D eigenvalue weighted by molar-refractivity contribution is 6.42. The van der Waals surface area contributed by atoms with E-state index < -0.39 is 35.3 Å². The van der Waals surface area contributed by atoms with Gasteiger partial charge in [-0.3, -0.25) is 9.59 Å². The summed E-state index contributed by atoms with van der Waals surface area (Å²) < 4.78 is 37.5. The van der Waals surface area contributed by atoms with Crippen LogP contribution in [0.5, 0.6) is 0 Å². The van der Waals surface area contributed by atoms with Crippen LogP contribution in [0.15, 0.2) is 65.2 Å². The summed E-state index contributed by atoms with van der Waals surface area (Å²) in [6, 6.07) is 13.4. The second-order valence-corrected chi connectivity index (χ2v) is 10.6. The number of esters is 1. The number of hydrogen-bond acceptors (Lipinski definition) is 8. The van der Waals surface area contributed by atoms with Crippen LogP contribution in [0.4, 0.5) is 8.78 Å². The number of ether oxygens (including phenoxy) is 1. The molecular weight excluding hydrogens is 617 g/mol. The van der Waals surface area contributed by atoms with Gasteiger partial charge in [0.2, 0.25) is 17.5 Å². The molecule has 3 N–H and O–H groups in total. The van der Waals surface area contributed by atoms with E-state index in [1.165, 1.54) is 0 Å². The molecule has 3 aromatic carbocycles. The number of rotatable bonds is 14.